The lowest BCUT2D eigenvalue weighted by molar-refractivity contribution is -0.0325. The smallest absolute Gasteiger partial charge is 0.125 e. The van der Waals surface area contributed by atoms with Gasteiger partial charge in [0.25, 0.3) is 0 Å². The minimum absolute atomic E-state index is 0.198. The van der Waals surface area contributed by atoms with Crippen LogP contribution in [0.1, 0.15) is 42.8 Å². The van der Waals surface area contributed by atoms with Gasteiger partial charge in [-0.1, -0.05) is 6.92 Å². The lowest BCUT2D eigenvalue weighted by atomic mass is 10.0. The third-order valence-electron chi connectivity index (χ3n) is 3.19. The van der Waals surface area contributed by atoms with Crippen LogP contribution in [-0.4, -0.2) is 18.1 Å². The van der Waals surface area contributed by atoms with Crippen molar-refractivity contribution < 1.29 is 4.74 Å². The molecule has 0 saturated heterocycles. The molecule has 2 rings (SSSR count). The average Bonchev–Trinajstić information content (AvgIpc) is 2.73. The highest BCUT2D eigenvalue weighted by Crippen LogP contribution is 2.34. The molecule has 2 heterocycles. The van der Waals surface area contributed by atoms with E-state index in [1.165, 1.54) is 10.6 Å². The number of ether oxygens (including phenoxy) is 1. The molecule has 1 aromatic heterocycles. The van der Waals surface area contributed by atoms with E-state index in [4.69, 9.17) is 9.72 Å². The average molecular weight is 240 g/mol. The molecule has 0 saturated carbocycles. The maximum atomic E-state index is 5.87. The Kier molecular flexibility index (Phi) is 3.62. The molecule has 0 aromatic carbocycles. The molecule has 90 valence electrons. The first kappa shape index (κ1) is 12.0. The molecule has 0 radical (unpaired) electrons. The SMILES string of the molecule is CCOC(C)(CC)c1nc2c(s1)CNCC2. The minimum Gasteiger partial charge on any atom is -0.368 e. The van der Waals surface area contributed by atoms with E-state index in [2.05, 4.69) is 19.2 Å². The molecule has 3 nitrogen and oxygen atoms in total. The topological polar surface area (TPSA) is 34.1 Å². The van der Waals surface area contributed by atoms with Gasteiger partial charge in [-0.25, -0.2) is 4.98 Å². The van der Waals surface area contributed by atoms with Gasteiger partial charge in [-0.05, 0) is 20.3 Å². The number of aromatic nitrogens is 1. The monoisotopic (exact) mass is 240 g/mol. The summed E-state index contributed by atoms with van der Waals surface area (Å²) < 4.78 is 5.87. The van der Waals surface area contributed by atoms with Gasteiger partial charge in [-0.3, -0.25) is 0 Å². The lowest BCUT2D eigenvalue weighted by Crippen LogP contribution is -2.25. The molecule has 1 N–H and O–H groups in total. The first-order valence-corrected chi connectivity index (χ1v) is 6.85. The molecular formula is C12H20N2OS. The number of nitrogens with one attached hydrogen (secondary N) is 1. The zero-order valence-electron chi connectivity index (χ0n) is 10.3. The summed E-state index contributed by atoms with van der Waals surface area (Å²) >= 11 is 1.81. The van der Waals surface area contributed by atoms with E-state index in [1.807, 2.05) is 18.3 Å². The number of hydrogen-bond acceptors (Lipinski definition) is 4. The number of fused-ring (bicyclic) bond motifs is 1. The Balaban J connectivity index is 2.28. The van der Waals surface area contributed by atoms with Crippen LogP contribution >= 0.6 is 11.3 Å². The Bertz CT molecular complexity index is 340. The fraction of sp³-hybridized carbons (Fsp3) is 0.750. The van der Waals surface area contributed by atoms with Gasteiger partial charge < -0.3 is 10.1 Å². The quantitative estimate of drug-likeness (QED) is 0.878. The highest BCUT2D eigenvalue weighted by atomic mass is 32.1. The van der Waals surface area contributed by atoms with Crippen molar-refractivity contribution in [2.75, 3.05) is 13.2 Å². The van der Waals surface area contributed by atoms with Crippen LogP contribution in [0, 0.1) is 0 Å². The second kappa shape index (κ2) is 4.82. The molecule has 0 amide bonds. The summed E-state index contributed by atoms with van der Waals surface area (Å²) in [6.07, 6.45) is 2.03. The molecule has 1 aliphatic heterocycles. The highest BCUT2D eigenvalue weighted by molar-refractivity contribution is 7.11. The highest BCUT2D eigenvalue weighted by Gasteiger charge is 2.30. The van der Waals surface area contributed by atoms with Crippen LogP contribution in [0.25, 0.3) is 0 Å². The molecule has 16 heavy (non-hydrogen) atoms. The van der Waals surface area contributed by atoms with Gasteiger partial charge in [0.05, 0.1) is 5.69 Å². The van der Waals surface area contributed by atoms with E-state index in [9.17, 15) is 0 Å². The Morgan fingerprint density at radius 2 is 2.31 bits per heavy atom. The molecule has 0 bridgehead atoms. The maximum Gasteiger partial charge on any atom is 0.125 e. The van der Waals surface area contributed by atoms with Gasteiger partial charge in [0.1, 0.15) is 10.6 Å². The second-order valence-corrected chi connectivity index (χ2v) is 5.42. The molecule has 4 heteroatoms. The molecule has 1 unspecified atom stereocenters. The van der Waals surface area contributed by atoms with E-state index < -0.39 is 0 Å². The maximum absolute atomic E-state index is 5.87. The van der Waals surface area contributed by atoms with Gasteiger partial charge in [-0.15, -0.1) is 11.3 Å². The van der Waals surface area contributed by atoms with Crippen LogP contribution in [0.4, 0.5) is 0 Å². The van der Waals surface area contributed by atoms with Crippen LogP contribution in [0.2, 0.25) is 0 Å². The first-order chi connectivity index (χ1) is 7.69. The summed E-state index contributed by atoms with van der Waals surface area (Å²) in [7, 11) is 0. The molecule has 1 aromatic rings. The summed E-state index contributed by atoms with van der Waals surface area (Å²) in [4.78, 5) is 6.16. The molecule has 1 atom stereocenters. The van der Waals surface area contributed by atoms with E-state index in [-0.39, 0.29) is 5.60 Å². The molecule has 0 fully saturated rings. The predicted molar refractivity (Wildman–Crippen MR) is 66.8 cm³/mol. The van der Waals surface area contributed by atoms with E-state index >= 15 is 0 Å². The molecule has 0 spiro atoms. The normalized spacial score (nSPS) is 19.2. The largest absolute Gasteiger partial charge is 0.368 e. The van der Waals surface area contributed by atoms with E-state index in [0.717, 1.165) is 37.5 Å². The van der Waals surface area contributed by atoms with Gasteiger partial charge in [-0.2, -0.15) is 0 Å². The molecular weight excluding hydrogens is 220 g/mol. The summed E-state index contributed by atoms with van der Waals surface area (Å²) in [6, 6.07) is 0. The zero-order chi connectivity index (χ0) is 11.6. The zero-order valence-corrected chi connectivity index (χ0v) is 11.1. The van der Waals surface area contributed by atoms with Crippen LogP contribution in [0.5, 0.6) is 0 Å². The number of hydrogen-bond donors (Lipinski definition) is 1. The Hall–Kier alpha value is -0.450. The molecule has 1 aliphatic rings. The summed E-state index contributed by atoms with van der Waals surface area (Å²) in [5, 5.41) is 4.53. The van der Waals surface area contributed by atoms with Crippen molar-refractivity contribution in [3.8, 4) is 0 Å². The Morgan fingerprint density at radius 3 is 2.94 bits per heavy atom. The first-order valence-electron chi connectivity index (χ1n) is 6.03. The van der Waals surface area contributed by atoms with Gasteiger partial charge in [0.15, 0.2) is 0 Å². The van der Waals surface area contributed by atoms with Crippen molar-refractivity contribution >= 4 is 11.3 Å². The number of thiazole rings is 1. The van der Waals surface area contributed by atoms with Crippen molar-refractivity contribution in [1.29, 1.82) is 0 Å². The van der Waals surface area contributed by atoms with E-state index in [1.54, 1.807) is 0 Å². The number of nitrogens with zero attached hydrogens (tertiary/aromatic N) is 1. The van der Waals surface area contributed by atoms with Crippen LogP contribution in [0.3, 0.4) is 0 Å². The minimum atomic E-state index is -0.198. The van der Waals surface area contributed by atoms with Crippen molar-refractivity contribution in [3.63, 3.8) is 0 Å². The predicted octanol–water partition coefficient (Wildman–Crippen LogP) is 2.45. The standard InChI is InChI=1S/C12H20N2OS/c1-4-12(3,15-5-2)11-14-9-6-7-13-8-10(9)16-11/h13H,4-8H2,1-3H3. The van der Waals surface area contributed by atoms with Gasteiger partial charge in [0, 0.05) is 31.0 Å². The summed E-state index contributed by atoms with van der Waals surface area (Å²) in [6.45, 7) is 9.12. The van der Waals surface area contributed by atoms with Crippen LogP contribution in [0.15, 0.2) is 0 Å². The van der Waals surface area contributed by atoms with Crippen molar-refractivity contribution in [1.82, 2.24) is 10.3 Å². The third-order valence-corrected chi connectivity index (χ3v) is 4.54. The van der Waals surface area contributed by atoms with Gasteiger partial charge >= 0.3 is 0 Å². The van der Waals surface area contributed by atoms with Crippen LogP contribution in [-0.2, 0) is 23.3 Å². The van der Waals surface area contributed by atoms with Crippen molar-refractivity contribution in [2.24, 2.45) is 0 Å². The second-order valence-electron chi connectivity index (χ2n) is 4.33. The fourth-order valence-electron chi connectivity index (χ4n) is 1.99. The Labute approximate surface area is 101 Å². The summed E-state index contributed by atoms with van der Waals surface area (Å²) in [5.41, 5.74) is 1.08. The van der Waals surface area contributed by atoms with Gasteiger partial charge in [0.2, 0.25) is 0 Å². The lowest BCUT2D eigenvalue weighted by Gasteiger charge is -2.25. The van der Waals surface area contributed by atoms with Crippen molar-refractivity contribution in [2.45, 2.75) is 45.8 Å². The van der Waals surface area contributed by atoms with Crippen molar-refractivity contribution in [3.05, 3.63) is 15.6 Å². The number of rotatable bonds is 4. The Morgan fingerprint density at radius 1 is 1.50 bits per heavy atom. The van der Waals surface area contributed by atoms with Crippen LogP contribution < -0.4 is 5.32 Å². The van der Waals surface area contributed by atoms with E-state index in [0.29, 0.717) is 0 Å². The third kappa shape index (κ3) is 2.14. The molecule has 0 aliphatic carbocycles. The fourth-order valence-corrected chi connectivity index (χ4v) is 3.23. The summed E-state index contributed by atoms with van der Waals surface area (Å²) in [5.74, 6) is 0.